The largest absolute Gasteiger partial charge is 0.369 e. The molecular weight excluding hydrogens is 281 g/mol. The summed E-state index contributed by atoms with van der Waals surface area (Å²) in [4.78, 5) is 16.0. The molecule has 0 aromatic heterocycles. The van der Waals surface area contributed by atoms with E-state index in [1.165, 1.54) is 0 Å². The van der Waals surface area contributed by atoms with E-state index in [1.807, 2.05) is 0 Å². The van der Waals surface area contributed by atoms with Gasteiger partial charge in [-0.15, -0.1) is 0 Å². The number of likely N-dealkylation sites (tertiary alicyclic amines) is 1. The molecule has 1 saturated heterocycles. The molecule has 72 valence electrons. The van der Waals surface area contributed by atoms with Crippen molar-refractivity contribution >= 4 is 35.7 Å². The summed E-state index contributed by atoms with van der Waals surface area (Å²) in [7, 11) is 0. The van der Waals surface area contributed by atoms with Crippen molar-refractivity contribution in [2.45, 2.75) is 19.0 Å². The van der Waals surface area contributed by atoms with Crippen molar-refractivity contribution in [1.29, 1.82) is 0 Å². The normalized spacial score (nSPS) is 23.0. The highest BCUT2D eigenvalue weighted by atomic mass is 127. The van der Waals surface area contributed by atoms with Crippen molar-refractivity contribution in [3.8, 4) is 0 Å². The Morgan fingerprint density at radius 1 is 1.77 bits per heavy atom. The molecule has 0 bridgehead atoms. The highest BCUT2D eigenvalue weighted by Crippen LogP contribution is 2.13. The molecule has 1 N–H and O–H groups in total. The van der Waals surface area contributed by atoms with Gasteiger partial charge in [-0.05, 0) is 42.2 Å². The second-order valence-electron chi connectivity index (χ2n) is 2.79. The zero-order chi connectivity index (χ0) is 9.68. The van der Waals surface area contributed by atoms with Crippen LogP contribution in [0.5, 0.6) is 0 Å². The van der Waals surface area contributed by atoms with Crippen LogP contribution in [0.1, 0.15) is 12.8 Å². The molecule has 1 rings (SSSR count). The second-order valence-corrected chi connectivity index (χ2v) is 3.90. The van der Waals surface area contributed by atoms with E-state index < -0.39 is 0 Å². The molecule has 13 heavy (non-hydrogen) atoms. The first-order valence-electron chi connectivity index (χ1n) is 4.07. The van der Waals surface area contributed by atoms with Gasteiger partial charge in [-0.1, -0.05) is 0 Å². The summed E-state index contributed by atoms with van der Waals surface area (Å²) in [6, 6.07) is 0. The van der Waals surface area contributed by atoms with Gasteiger partial charge in [0, 0.05) is 12.7 Å². The molecule has 0 saturated carbocycles. The predicted molar refractivity (Wildman–Crippen MR) is 60.6 cm³/mol. The van der Waals surface area contributed by atoms with Gasteiger partial charge in [0.2, 0.25) is 6.41 Å². The lowest BCUT2D eigenvalue weighted by Crippen LogP contribution is -2.37. The average molecular weight is 293 g/mol. The summed E-state index contributed by atoms with van der Waals surface area (Å²) in [5.74, 6) is 0. The molecule has 0 radical (unpaired) electrons. The van der Waals surface area contributed by atoms with Crippen LogP contribution in [0.2, 0.25) is 0 Å². The number of carbonyl (C=O) groups excluding carboxylic acids is 1. The molecule has 1 fully saturated rings. The van der Waals surface area contributed by atoms with Crippen molar-refractivity contribution in [2.75, 3.05) is 6.54 Å². The van der Waals surface area contributed by atoms with Crippen LogP contribution in [0.25, 0.3) is 0 Å². The Kier molecular flexibility index (Phi) is 4.20. The summed E-state index contributed by atoms with van der Waals surface area (Å²) < 4.78 is 0.801. The van der Waals surface area contributed by atoms with E-state index in [0.717, 1.165) is 29.5 Å². The fourth-order valence-electron chi connectivity index (χ4n) is 1.30. The van der Waals surface area contributed by atoms with Gasteiger partial charge in [-0.25, -0.2) is 0 Å². The number of hydrogen-bond donors (Lipinski definition) is 1. The molecule has 1 atom stereocenters. The highest BCUT2D eigenvalue weighted by molar-refractivity contribution is 14.1. The molecule has 1 aliphatic rings. The second kappa shape index (κ2) is 5.21. The number of halogens is 1. The monoisotopic (exact) mass is 293 g/mol. The van der Waals surface area contributed by atoms with Gasteiger partial charge in [-0.2, -0.15) is 0 Å². The maximum Gasteiger partial charge on any atom is 0.211 e. The zero-order valence-electron chi connectivity index (χ0n) is 7.24. The smallest absolute Gasteiger partial charge is 0.211 e. The minimum absolute atomic E-state index is 0.129. The van der Waals surface area contributed by atoms with E-state index in [9.17, 15) is 4.79 Å². The fraction of sp³-hybridized carbons (Fsp3) is 0.500. The number of amides is 1. The number of aliphatic imine (C=N–C) groups is 1. The Hall–Kier alpha value is -0.590. The number of carbonyl (C=O) groups is 1. The molecular formula is C8H12IN3O. The Morgan fingerprint density at radius 3 is 3.15 bits per heavy atom. The number of nitrogens with one attached hydrogen (secondary N) is 1. The van der Waals surface area contributed by atoms with Gasteiger partial charge >= 0.3 is 0 Å². The molecule has 0 unspecified atom stereocenters. The van der Waals surface area contributed by atoms with Crippen LogP contribution in [0, 0.1) is 0 Å². The third kappa shape index (κ3) is 2.98. The Labute approximate surface area is 91.2 Å². The topological polar surface area (TPSA) is 44.7 Å². The summed E-state index contributed by atoms with van der Waals surface area (Å²) in [5, 5.41) is 3.12. The SMILES string of the molecule is C=N/C(I)=C\N[C@@H]1CCCN1C=O. The third-order valence-electron chi connectivity index (χ3n) is 1.98. The van der Waals surface area contributed by atoms with Crippen molar-refractivity contribution in [1.82, 2.24) is 10.2 Å². The standard InChI is InChI=1S/C8H12IN3O/c1-10-7(9)5-11-8-3-2-4-12(8)6-13/h5-6,8,11H,1-4H2/b7-5-/t8-/m0/s1. The van der Waals surface area contributed by atoms with E-state index in [4.69, 9.17) is 0 Å². The van der Waals surface area contributed by atoms with Gasteiger partial charge in [0.1, 0.15) is 9.87 Å². The van der Waals surface area contributed by atoms with Crippen LogP contribution in [-0.2, 0) is 4.79 Å². The van der Waals surface area contributed by atoms with E-state index in [2.05, 4.69) is 39.6 Å². The first-order valence-corrected chi connectivity index (χ1v) is 5.15. The maximum absolute atomic E-state index is 10.6. The van der Waals surface area contributed by atoms with Crippen LogP contribution in [0.4, 0.5) is 0 Å². The van der Waals surface area contributed by atoms with Gasteiger partial charge in [0.05, 0.1) is 0 Å². The molecule has 1 heterocycles. The molecule has 1 amide bonds. The molecule has 1 aliphatic heterocycles. The first-order chi connectivity index (χ1) is 6.27. The average Bonchev–Trinajstić information content (AvgIpc) is 2.61. The Balaban J connectivity index is 2.44. The van der Waals surface area contributed by atoms with Crippen LogP contribution < -0.4 is 5.32 Å². The summed E-state index contributed by atoms with van der Waals surface area (Å²) in [6.45, 7) is 4.24. The van der Waals surface area contributed by atoms with Gasteiger partial charge in [0.15, 0.2) is 0 Å². The fourth-order valence-corrected chi connectivity index (χ4v) is 1.48. The molecule has 5 heteroatoms. The quantitative estimate of drug-likeness (QED) is 0.365. The van der Waals surface area contributed by atoms with Crippen molar-refractivity contribution in [3.05, 3.63) is 9.90 Å². The number of rotatable bonds is 4. The lowest BCUT2D eigenvalue weighted by molar-refractivity contribution is -0.119. The van der Waals surface area contributed by atoms with Crippen LogP contribution in [0.3, 0.4) is 0 Å². The molecule has 0 aliphatic carbocycles. The summed E-state index contributed by atoms with van der Waals surface area (Å²) >= 11 is 2.07. The molecule has 0 spiro atoms. The predicted octanol–water partition coefficient (Wildman–Crippen LogP) is 1.09. The molecule has 0 aromatic carbocycles. The van der Waals surface area contributed by atoms with Crippen LogP contribution in [0.15, 0.2) is 14.9 Å². The van der Waals surface area contributed by atoms with E-state index >= 15 is 0 Å². The summed E-state index contributed by atoms with van der Waals surface area (Å²) in [6.07, 6.45) is 4.84. The minimum atomic E-state index is 0.129. The van der Waals surface area contributed by atoms with E-state index in [1.54, 1.807) is 11.1 Å². The van der Waals surface area contributed by atoms with Crippen molar-refractivity contribution < 1.29 is 4.79 Å². The lowest BCUT2D eigenvalue weighted by atomic mass is 10.3. The van der Waals surface area contributed by atoms with Crippen LogP contribution in [-0.4, -0.2) is 30.7 Å². The number of nitrogens with zero attached hydrogens (tertiary/aromatic N) is 2. The highest BCUT2D eigenvalue weighted by Gasteiger charge is 2.21. The summed E-state index contributed by atoms with van der Waals surface area (Å²) in [5.41, 5.74) is 0. The Bertz CT molecular complexity index is 229. The number of hydrogen-bond acceptors (Lipinski definition) is 3. The first kappa shape index (κ1) is 10.5. The van der Waals surface area contributed by atoms with Gasteiger partial charge in [-0.3, -0.25) is 9.79 Å². The minimum Gasteiger partial charge on any atom is -0.369 e. The molecule has 0 aromatic rings. The van der Waals surface area contributed by atoms with E-state index in [0.29, 0.717) is 0 Å². The van der Waals surface area contributed by atoms with Crippen molar-refractivity contribution in [3.63, 3.8) is 0 Å². The third-order valence-corrected chi connectivity index (χ3v) is 2.63. The van der Waals surface area contributed by atoms with Gasteiger partial charge in [0.25, 0.3) is 0 Å². The van der Waals surface area contributed by atoms with Crippen molar-refractivity contribution in [2.24, 2.45) is 4.99 Å². The molecule has 4 nitrogen and oxygen atoms in total. The zero-order valence-corrected chi connectivity index (χ0v) is 9.40. The van der Waals surface area contributed by atoms with Gasteiger partial charge < -0.3 is 10.2 Å². The Morgan fingerprint density at radius 2 is 2.54 bits per heavy atom. The van der Waals surface area contributed by atoms with E-state index in [-0.39, 0.29) is 6.17 Å². The lowest BCUT2D eigenvalue weighted by Gasteiger charge is -2.19. The maximum atomic E-state index is 10.6. The van der Waals surface area contributed by atoms with Crippen LogP contribution >= 0.6 is 22.6 Å².